The summed E-state index contributed by atoms with van der Waals surface area (Å²) < 4.78 is 5.66. The molecule has 2 fully saturated rings. The molecule has 0 aromatic carbocycles. The number of fused-ring (bicyclic) bond motifs is 1. The Morgan fingerprint density at radius 2 is 2.25 bits per heavy atom. The van der Waals surface area contributed by atoms with Crippen LogP contribution in [0.25, 0.3) is 0 Å². The molecular formula is C11H18O. The third kappa shape index (κ3) is 1.03. The molecule has 0 aromatic heterocycles. The van der Waals surface area contributed by atoms with Crippen LogP contribution in [0.3, 0.4) is 0 Å². The summed E-state index contributed by atoms with van der Waals surface area (Å²) in [5.41, 5.74) is 1.53. The van der Waals surface area contributed by atoms with E-state index in [9.17, 15) is 0 Å². The Morgan fingerprint density at radius 1 is 1.58 bits per heavy atom. The summed E-state index contributed by atoms with van der Waals surface area (Å²) in [5.74, 6) is 1.43. The predicted octanol–water partition coefficient (Wildman–Crippen LogP) is 2.77. The number of rotatable bonds is 1. The lowest BCUT2D eigenvalue weighted by Crippen LogP contribution is -2.26. The minimum atomic E-state index is 0.183. The van der Waals surface area contributed by atoms with E-state index in [0.717, 1.165) is 5.92 Å². The Hall–Kier alpha value is -0.300. The largest absolute Gasteiger partial charge is 0.362 e. The summed E-state index contributed by atoms with van der Waals surface area (Å²) in [6.45, 7) is 10.9. The average molecular weight is 166 g/mol. The van der Waals surface area contributed by atoms with Gasteiger partial charge in [-0.3, -0.25) is 0 Å². The van der Waals surface area contributed by atoms with Crippen molar-refractivity contribution in [1.29, 1.82) is 0 Å². The van der Waals surface area contributed by atoms with Crippen LogP contribution in [0.5, 0.6) is 0 Å². The van der Waals surface area contributed by atoms with Crippen LogP contribution >= 0.6 is 0 Å². The summed E-state index contributed by atoms with van der Waals surface area (Å²) in [7, 11) is 0. The number of hydrogen-bond acceptors (Lipinski definition) is 1. The third-order valence-corrected chi connectivity index (χ3v) is 3.45. The van der Waals surface area contributed by atoms with Crippen molar-refractivity contribution in [3.8, 4) is 0 Å². The first kappa shape index (κ1) is 8.31. The van der Waals surface area contributed by atoms with E-state index in [1.54, 1.807) is 0 Å². The highest BCUT2D eigenvalue weighted by atomic mass is 16.6. The Morgan fingerprint density at radius 3 is 2.83 bits per heavy atom. The van der Waals surface area contributed by atoms with Gasteiger partial charge in [-0.25, -0.2) is 0 Å². The number of epoxide rings is 1. The lowest BCUT2D eigenvalue weighted by molar-refractivity contribution is 0.293. The zero-order valence-corrected chi connectivity index (χ0v) is 8.26. The van der Waals surface area contributed by atoms with E-state index in [2.05, 4.69) is 27.4 Å². The molecule has 1 heterocycles. The van der Waals surface area contributed by atoms with Crippen molar-refractivity contribution >= 4 is 0 Å². The molecule has 0 unspecified atom stereocenters. The van der Waals surface area contributed by atoms with E-state index in [0.29, 0.717) is 12.0 Å². The summed E-state index contributed by atoms with van der Waals surface area (Å²) in [4.78, 5) is 0. The number of hydrogen-bond donors (Lipinski definition) is 0. The molecule has 1 aliphatic heterocycles. The molecule has 1 aliphatic carbocycles. The smallest absolute Gasteiger partial charge is 0.108 e. The first-order valence-corrected chi connectivity index (χ1v) is 4.91. The molecule has 68 valence electrons. The van der Waals surface area contributed by atoms with Crippen LogP contribution in [0.4, 0.5) is 0 Å². The number of ether oxygens (including phenoxy) is 1. The van der Waals surface area contributed by atoms with Crippen molar-refractivity contribution in [1.82, 2.24) is 0 Å². The molecule has 2 rings (SSSR count). The summed E-state index contributed by atoms with van der Waals surface area (Å²) in [5, 5.41) is 0. The molecule has 0 spiro atoms. The zero-order valence-electron chi connectivity index (χ0n) is 8.26. The molecule has 0 aromatic rings. The summed E-state index contributed by atoms with van der Waals surface area (Å²) in [6.07, 6.45) is 2.88. The second-order valence-corrected chi connectivity index (χ2v) is 4.77. The first-order valence-electron chi connectivity index (χ1n) is 4.91. The highest BCUT2D eigenvalue weighted by molar-refractivity contribution is 5.25. The van der Waals surface area contributed by atoms with Crippen LogP contribution in [0.1, 0.15) is 33.6 Å². The second-order valence-electron chi connectivity index (χ2n) is 4.77. The van der Waals surface area contributed by atoms with Crippen molar-refractivity contribution in [3.63, 3.8) is 0 Å². The van der Waals surface area contributed by atoms with Gasteiger partial charge in [-0.15, -0.1) is 0 Å². The molecule has 0 amide bonds. The molecule has 2 aliphatic rings. The van der Waals surface area contributed by atoms with Crippen molar-refractivity contribution < 1.29 is 4.74 Å². The van der Waals surface area contributed by atoms with Crippen LogP contribution in [0.15, 0.2) is 12.2 Å². The van der Waals surface area contributed by atoms with Gasteiger partial charge in [0, 0.05) is 0 Å². The van der Waals surface area contributed by atoms with Crippen LogP contribution < -0.4 is 0 Å². The lowest BCUT2D eigenvalue weighted by atomic mass is 9.75. The summed E-state index contributed by atoms with van der Waals surface area (Å²) in [6, 6.07) is 0. The van der Waals surface area contributed by atoms with Gasteiger partial charge in [0.1, 0.15) is 6.10 Å². The normalized spacial score (nSPS) is 46.2. The van der Waals surface area contributed by atoms with Crippen molar-refractivity contribution in [2.24, 2.45) is 11.8 Å². The molecule has 1 heteroatoms. The van der Waals surface area contributed by atoms with Crippen molar-refractivity contribution in [2.45, 2.75) is 45.3 Å². The van der Waals surface area contributed by atoms with E-state index in [1.165, 1.54) is 18.4 Å². The average Bonchev–Trinajstić information content (AvgIpc) is 2.62. The first-order chi connectivity index (χ1) is 5.54. The van der Waals surface area contributed by atoms with E-state index in [4.69, 9.17) is 4.74 Å². The zero-order chi connectivity index (χ0) is 8.93. The van der Waals surface area contributed by atoms with Gasteiger partial charge in [-0.05, 0) is 37.2 Å². The quantitative estimate of drug-likeness (QED) is 0.431. The van der Waals surface area contributed by atoms with E-state index in [1.807, 2.05) is 0 Å². The van der Waals surface area contributed by atoms with Crippen LogP contribution in [0.2, 0.25) is 0 Å². The minimum Gasteiger partial charge on any atom is -0.362 e. The lowest BCUT2D eigenvalue weighted by Gasteiger charge is -2.27. The van der Waals surface area contributed by atoms with Gasteiger partial charge in [0.15, 0.2) is 0 Å². The fourth-order valence-electron chi connectivity index (χ4n) is 2.48. The monoisotopic (exact) mass is 166 g/mol. The van der Waals surface area contributed by atoms with Crippen molar-refractivity contribution in [3.05, 3.63) is 12.2 Å². The molecule has 3 atom stereocenters. The molecular weight excluding hydrogens is 148 g/mol. The van der Waals surface area contributed by atoms with Gasteiger partial charge in [0.2, 0.25) is 0 Å². The molecule has 1 saturated carbocycles. The van der Waals surface area contributed by atoms with Gasteiger partial charge in [-0.1, -0.05) is 20.4 Å². The standard InChI is InChI=1S/C11H18O/c1-7(2)9-5-6-11(4)10(12-11)8(9)3/h7,9-10H,3,5-6H2,1-2,4H3/t9-,10-,11+/m0/s1. The molecule has 0 bridgehead atoms. The van der Waals surface area contributed by atoms with Crippen LogP contribution in [0, 0.1) is 11.8 Å². The molecule has 1 saturated heterocycles. The van der Waals surface area contributed by atoms with E-state index >= 15 is 0 Å². The molecule has 12 heavy (non-hydrogen) atoms. The van der Waals surface area contributed by atoms with E-state index < -0.39 is 0 Å². The fraction of sp³-hybridized carbons (Fsp3) is 0.818. The van der Waals surface area contributed by atoms with Crippen LogP contribution in [-0.2, 0) is 4.74 Å². The topological polar surface area (TPSA) is 12.5 Å². The van der Waals surface area contributed by atoms with Gasteiger partial charge < -0.3 is 4.74 Å². The van der Waals surface area contributed by atoms with E-state index in [-0.39, 0.29) is 5.60 Å². The Labute approximate surface area is 74.8 Å². The minimum absolute atomic E-state index is 0.183. The Bertz CT molecular complexity index is 219. The van der Waals surface area contributed by atoms with Gasteiger partial charge in [0.25, 0.3) is 0 Å². The van der Waals surface area contributed by atoms with Gasteiger partial charge in [-0.2, -0.15) is 0 Å². The highest BCUT2D eigenvalue weighted by Gasteiger charge is 2.57. The fourth-order valence-corrected chi connectivity index (χ4v) is 2.48. The maximum Gasteiger partial charge on any atom is 0.108 e. The second kappa shape index (κ2) is 2.35. The van der Waals surface area contributed by atoms with Gasteiger partial charge >= 0.3 is 0 Å². The third-order valence-electron chi connectivity index (χ3n) is 3.45. The maximum atomic E-state index is 5.66. The molecule has 0 N–H and O–H groups in total. The maximum absolute atomic E-state index is 5.66. The SMILES string of the molecule is C=C1[C@H](C(C)C)CC[C@@]2(C)O[C@@H]12. The Balaban J connectivity index is 2.10. The predicted molar refractivity (Wildman–Crippen MR) is 50.0 cm³/mol. The summed E-state index contributed by atoms with van der Waals surface area (Å²) >= 11 is 0. The van der Waals surface area contributed by atoms with Crippen LogP contribution in [-0.4, -0.2) is 11.7 Å². The highest BCUT2D eigenvalue weighted by Crippen LogP contribution is 2.52. The van der Waals surface area contributed by atoms with Gasteiger partial charge in [0.05, 0.1) is 5.60 Å². The molecule has 1 nitrogen and oxygen atoms in total. The Kier molecular flexibility index (Phi) is 1.63. The van der Waals surface area contributed by atoms with Crippen molar-refractivity contribution in [2.75, 3.05) is 0 Å². The molecule has 0 radical (unpaired) electrons.